The zero-order valence-corrected chi connectivity index (χ0v) is 41.3. The van der Waals surface area contributed by atoms with Crippen LogP contribution in [0, 0.1) is 5.92 Å². The molecule has 2 unspecified atom stereocenters. The van der Waals surface area contributed by atoms with Crippen molar-refractivity contribution in [2.24, 2.45) is 5.92 Å². The lowest BCUT2D eigenvalue weighted by molar-refractivity contribution is 0.0816. The molecule has 0 radical (unpaired) electrons. The highest BCUT2D eigenvalue weighted by molar-refractivity contribution is 6.49. The second-order valence-electron chi connectivity index (χ2n) is 20.3. The van der Waals surface area contributed by atoms with Gasteiger partial charge in [-0.2, -0.15) is 0 Å². The van der Waals surface area contributed by atoms with Gasteiger partial charge in [0.1, 0.15) is 0 Å². The minimum absolute atomic E-state index is 0.137. The van der Waals surface area contributed by atoms with Gasteiger partial charge in [-0.05, 0) is 88.2 Å². The Labute approximate surface area is 391 Å². The highest BCUT2D eigenvalue weighted by atomic mass is 16.2. The lowest BCUT2D eigenvalue weighted by Crippen LogP contribution is -2.34. The van der Waals surface area contributed by atoms with Gasteiger partial charge in [-0.1, -0.05) is 262 Å². The maximum absolute atomic E-state index is 14.8. The monoisotopic (exact) mass is 863 g/mol. The molecule has 0 saturated carbocycles. The van der Waals surface area contributed by atoms with Gasteiger partial charge < -0.3 is 0 Å². The lowest BCUT2D eigenvalue weighted by Gasteiger charge is -2.39. The molecule has 346 valence electrons. The van der Waals surface area contributed by atoms with E-state index in [0.717, 1.165) is 19.3 Å². The number of hydrogen-bond acceptors (Lipinski definition) is 2. The van der Waals surface area contributed by atoms with Crippen LogP contribution in [-0.2, 0) is 10.8 Å². The highest BCUT2D eigenvalue weighted by Gasteiger charge is 2.47. The van der Waals surface area contributed by atoms with Gasteiger partial charge in [0.25, 0.3) is 0 Å². The summed E-state index contributed by atoms with van der Waals surface area (Å²) in [6, 6.07) is 30.7. The number of unbranched alkanes of at least 4 members (excludes halogenated alkanes) is 20. The molecule has 0 heterocycles. The average molecular weight is 863 g/mol. The summed E-state index contributed by atoms with van der Waals surface area (Å²) in [6.45, 7) is 11.6. The molecule has 0 bridgehead atoms. The van der Waals surface area contributed by atoms with E-state index in [2.05, 4.69) is 107 Å². The van der Waals surface area contributed by atoms with Gasteiger partial charge in [-0.3, -0.25) is 9.59 Å². The number of Topliss-reactive ketones (excluding diaryl/α,β-unsaturated/α-hetero) is 2. The van der Waals surface area contributed by atoms with E-state index < -0.39 is 0 Å². The third-order valence-corrected chi connectivity index (χ3v) is 15.9. The maximum atomic E-state index is 14.8. The van der Waals surface area contributed by atoms with Crippen LogP contribution in [0.1, 0.15) is 257 Å². The fourth-order valence-electron chi connectivity index (χ4n) is 12.2. The summed E-state index contributed by atoms with van der Waals surface area (Å²) < 4.78 is 0. The van der Waals surface area contributed by atoms with Gasteiger partial charge in [0.05, 0.1) is 0 Å². The van der Waals surface area contributed by atoms with E-state index in [4.69, 9.17) is 0 Å². The molecule has 0 N–H and O–H groups in total. The first-order chi connectivity index (χ1) is 31.4. The lowest BCUT2D eigenvalue weighted by atomic mass is 9.64. The van der Waals surface area contributed by atoms with Crippen molar-refractivity contribution in [1.82, 2.24) is 0 Å². The smallest absolute Gasteiger partial charge is 0.233 e. The zero-order chi connectivity index (χ0) is 45.2. The van der Waals surface area contributed by atoms with Crippen molar-refractivity contribution in [3.63, 3.8) is 0 Å². The normalized spacial score (nSPS) is 16.0. The second-order valence-corrected chi connectivity index (χ2v) is 20.3. The third-order valence-electron chi connectivity index (χ3n) is 15.9. The van der Waals surface area contributed by atoms with Gasteiger partial charge in [-0.15, -0.1) is 0 Å². The predicted molar refractivity (Wildman–Crippen MR) is 275 cm³/mol. The molecule has 6 rings (SSSR count). The standard InChI is InChI=1S/C62H86O2/c1-6-10-14-18-22-26-34-48(5)62(45-33-25-21-17-13-9-4)56-38-30-28-36-52(56)54-42-40-50(47-58(54)62)60(64)59(63)49-39-41-53-51-35-27-29-37-55(51)61(57(53)46-49,43-31-23-19-15-11-7-2)44-32-24-20-16-12-8-3/h27-30,35-42,46-48H,6-26,31-34,43-45H2,1-5H3. The molecule has 2 atom stereocenters. The van der Waals surface area contributed by atoms with E-state index in [-0.39, 0.29) is 22.4 Å². The van der Waals surface area contributed by atoms with Crippen LogP contribution in [-0.4, -0.2) is 11.6 Å². The van der Waals surface area contributed by atoms with Crippen molar-refractivity contribution in [1.29, 1.82) is 0 Å². The molecular weight excluding hydrogens is 777 g/mol. The number of hydrogen-bond donors (Lipinski definition) is 0. The average Bonchev–Trinajstić information content (AvgIpc) is 3.76. The predicted octanol–water partition coefficient (Wildman–Crippen LogP) is 18.9. The van der Waals surface area contributed by atoms with E-state index in [9.17, 15) is 9.59 Å². The van der Waals surface area contributed by atoms with E-state index in [1.165, 1.54) is 205 Å². The van der Waals surface area contributed by atoms with Crippen LogP contribution in [0.2, 0.25) is 0 Å². The molecule has 64 heavy (non-hydrogen) atoms. The van der Waals surface area contributed by atoms with E-state index in [1.54, 1.807) is 0 Å². The van der Waals surface area contributed by atoms with Crippen molar-refractivity contribution in [2.45, 2.75) is 225 Å². The van der Waals surface area contributed by atoms with E-state index >= 15 is 0 Å². The van der Waals surface area contributed by atoms with Crippen LogP contribution in [0.25, 0.3) is 22.3 Å². The Bertz CT molecular complexity index is 2050. The Balaban J connectivity index is 1.32. The van der Waals surface area contributed by atoms with Crippen molar-refractivity contribution in [2.75, 3.05) is 0 Å². The first-order valence-electron chi connectivity index (χ1n) is 27.0. The van der Waals surface area contributed by atoms with Gasteiger partial charge in [-0.25, -0.2) is 0 Å². The second kappa shape index (κ2) is 25.2. The van der Waals surface area contributed by atoms with Gasteiger partial charge >= 0.3 is 0 Å². The van der Waals surface area contributed by atoms with Crippen molar-refractivity contribution < 1.29 is 9.59 Å². The Morgan fingerprint density at radius 3 is 1.28 bits per heavy atom. The van der Waals surface area contributed by atoms with Crippen molar-refractivity contribution in [3.05, 3.63) is 118 Å². The number of carbonyl (C=O) groups is 2. The largest absolute Gasteiger partial charge is 0.285 e. The quantitative estimate of drug-likeness (QED) is 0.0278. The molecule has 2 nitrogen and oxygen atoms in total. The first-order valence-corrected chi connectivity index (χ1v) is 27.0. The van der Waals surface area contributed by atoms with Crippen molar-refractivity contribution >= 4 is 11.6 Å². The number of carbonyl (C=O) groups excluding carboxylic acids is 2. The summed E-state index contributed by atoms with van der Waals surface area (Å²) in [4.78, 5) is 29.5. The SMILES string of the molecule is CCCCCCCCC(C)C1(CCCCCCCC)c2ccccc2-c2ccc(C(=O)C(=O)c3ccc4c(c3)C(CCCCCCCC)(CCCCCCCC)c3ccccc3-4)cc21. The van der Waals surface area contributed by atoms with E-state index in [1.807, 2.05) is 12.1 Å². The summed E-state index contributed by atoms with van der Waals surface area (Å²) >= 11 is 0. The van der Waals surface area contributed by atoms with Crippen LogP contribution in [0.5, 0.6) is 0 Å². The fourth-order valence-corrected chi connectivity index (χ4v) is 12.2. The fraction of sp³-hybridized carbons (Fsp3) is 0.581. The number of ketones is 2. The molecule has 4 aromatic rings. The molecule has 2 heteroatoms. The Kier molecular flexibility index (Phi) is 19.6. The van der Waals surface area contributed by atoms with Crippen LogP contribution in [0.3, 0.4) is 0 Å². The highest BCUT2D eigenvalue weighted by Crippen LogP contribution is 2.57. The Hall–Kier alpha value is -3.78. The van der Waals surface area contributed by atoms with Gasteiger partial charge in [0, 0.05) is 22.0 Å². The summed E-state index contributed by atoms with van der Waals surface area (Å²) in [6.07, 6.45) is 34.9. The van der Waals surface area contributed by atoms with Crippen LogP contribution < -0.4 is 0 Å². The first kappa shape index (κ1) is 49.6. The Morgan fingerprint density at radius 1 is 0.391 bits per heavy atom. The molecule has 0 saturated heterocycles. The van der Waals surface area contributed by atoms with Crippen molar-refractivity contribution in [3.8, 4) is 22.3 Å². The van der Waals surface area contributed by atoms with Crippen LogP contribution in [0.4, 0.5) is 0 Å². The zero-order valence-electron chi connectivity index (χ0n) is 41.3. The topological polar surface area (TPSA) is 34.1 Å². The summed E-state index contributed by atoms with van der Waals surface area (Å²) in [5.41, 5.74) is 11.3. The number of fused-ring (bicyclic) bond motifs is 6. The molecule has 0 spiro atoms. The van der Waals surface area contributed by atoms with Gasteiger partial charge in [0.2, 0.25) is 11.6 Å². The molecule has 0 aromatic heterocycles. The maximum Gasteiger partial charge on any atom is 0.233 e. The van der Waals surface area contributed by atoms with Crippen LogP contribution >= 0.6 is 0 Å². The minimum Gasteiger partial charge on any atom is -0.285 e. The summed E-state index contributed by atoms with van der Waals surface area (Å²) in [5.74, 6) is -0.324. The van der Waals surface area contributed by atoms with Crippen LogP contribution in [0.15, 0.2) is 84.9 Å². The molecule has 0 aliphatic heterocycles. The molecule has 0 fully saturated rings. The number of rotatable bonds is 32. The summed E-state index contributed by atoms with van der Waals surface area (Å²) in [7, 11) is 0. The Morgan fingerprint density at radius 2 is 0.766 bits per heavy atom. The molecular formula is C62H86O2. The minimum atomic E-state index is -0.372. The summed E-state index contributed by atoms with van der Waals surface area (Å²) in [5, 5.41) is 0. The van der Waals surface area contributed by atoms with Gasteiger partial charge in [0.15, 0.2) is 0 Å². The molecule has 2 aliphatic rings. The molecule has 2 aliphatic carbocycles. The number of benzene rings is 4. The van der Waals surface area contributed by atoms with E-state index in [0.29, 0.717) is 17.0 Å². The molecule has 0 amide bonds. The molecule has 4 aromatic carbocycles. The third kappa shape index (κ3) is 11.4.